The SMILES string of the molecule is CCCC(=O)c1cc(C(=O)OC)c(N)cc1C. The van der Waals surface area contributed by atoms with Crippen LogP contribution in [0, 0.1) is 6.92 Å². The molecule has 1 rings (SSSR count). The molecule has 0 unspecified atom stereocenters. The van der Waals surface area contributed by atoms with Crippen molar-refractivity contribution in [2.45, 2.75) is 26.7 Å². The van der Waals surface area contributed by atoms with Crippen LogP contribution in [-0.2, 0) is 4.74 Å². The molecule has 4 nitrogen and oxygen atoms in total. The van der Waals surface area contributed by atoms with Gasteiger partial charge in [-0.1, -0.05) is 6.92 Å². The van der Waals surface area contributed by atoms with Crippen LogP contribution in [0.1, 0.15) is 46.0 Å². The van der Waals surface area contributed by atoms with Gasteiger partial charge in [-0.15, -0.1) is 0 Å². The molecular formula is C13H17NO3. The summed E-state index contributed by atoms with van der Waals surface area (Å²) in [5.74, 6) is -0.497. The lowest BCUT2D eigenvalue weighted by Gasteiger charge is -2.09. The van der Waals surface area contributed by atoms with Crippen LogP contribution in [0.15, 0.2) is 12.1 Å². The number of hydrogen-bond donors (Lipinski definition) is 1. The highest BCUT2D eigenvalue weighted by Crippen LogP contribution is 2.21. The molecule has 0 atom stereocenters. The Kier molecular flexibility index (Phi) is 4.26. The Morgan fingerprint density at radius 1 is 1.29 bits per heavy atom. The number of benzene rings is 1. The van der Waals surface area contributed by atoms with Crippen molar-refractivity contribution in [2.24, 2.45) is 0 Å². The molecular weight excluding hydrogens is 218 g/mol. The van der Waals surface area contributed by atoms with E-state index in [9.17, 15) is 9.59 Å². The number of esters is 1. The average molecular weight is 235 g/mol. The van der Waals surface area contributed by atoms with Crippen molar-refractivity contribution >= 4 is 17.4 Å². The molecule has 0 aliphatic heterocycles. The van der Waals surface area contributed by atoms with Crippen molar-refractivity contribution in [3.63, 3.8) is 0 Å². The minimum absolute atomic E-state index is 0.0233. The fraction of sp³-hybridized carbons (Fsp3) is 0.385. The van der Waals surface area contributed by atoms with Gasteiger partial charge in [-0.25, -0.2) is 4.79 Å². The summed E-state index contributed by atoms with van der Waals surface area (Å²) in [6.45, 7) is 3.74. The van der Waals surface area contributed by atoms with E-state index in [1.165, 1.54) is 13.2 Å². The molecule has 0 fully saturated rings. The van der Waals surface area contributed by atoms with Crippen molar-refractivity contribution < 1.29 is 14.3 Å². The van der Waals surface area contributed by atoms with Crippen LogP contribution in [0.5, 0.6) is 0 Å². The minimum atomic E-state index is -0.520. The van der Waals surface area contributed by atoms with Crippen molar-refractivity contribution in [1.29, 1.82) is 0 Å². The van der Waals surface area contributed by atoms with Gasteiger partial charge >= 0.3 is 5.97 Å². The Morgan fingerprint density at radius 3 is 2.47 bits per heavy atom. The average Bonchev–Trinajstić information content (AvgIpc) is 2.28. The van der Waals surface area contributed by atoms with Crippen molar-refractivity contribution in [2.75, 3.05) is 12.8 Å². The van der Waals surface area contributed by atoms with Gasteiger partial charge in [-0.05, 0) is 31.0 Å². The normalized spacial score (nSPS) is 10.1. The standard InChI is InChI=1S/C13H17NO3/c1-4-5-12(15)9-7-10(13(16)17-3)11(14)6-8(9)2/h6-7H,4-5,14H2,1-3H3. The van der Waals surface area contributed by atoms with Gasteiger partial charge < -0.3 is 10.5 Å². The lowest BCUT2D eigenvalue weighted by atomic mass is 9.98. The van der Waals surface area contributed by atoms with Crippen molar-refractivity contribution in [3.05, 3.63) is 28.8 Å². The van der Waals surface area contributed by atoms with E-state index >= 15 is 0 Å². The van der Waals surface area contributed by atoms with Gasteiger partial charge in [0.05, 0.1) is 12.7 Å². The number of methoxy groups -OCH3 is 1. The summed E-state index contributed by atoms with van der Waals surface area (Å²) in [5, 5.41) is 0. The Bertz CT molecular complexity index is 452. The highest BCUT2D eigenvalue weighted by Gasteiger charge is 2.16. The minimum Gasteiger partial charge on any atom is -0.465 e. The fourth-order valence-corrected chi connectivity index (χ4v) is 1.68. The maximum atomic E-state index is 11.8. The van der Waals surface area contributed by atoms with Crippen LogP contribution in [0.3, 0.4) is 0 Å². The van der Waals surface area contributed by atoms with E-state index in [2.05, 4.69) is 4.74 Å². The highest BCUT2D eigenvalue weighted by molar-refractivity contribution is 6.02. The largest absolute Gasteiger partial charge is 0.465 e. The van der Waals surface area contributed by atoms with E-state index in [4.69, 9.17) is 5.73 Å². The number of hydrogen-bond acceptors (Lipinski definition) is 4. The molecule has 0 saturated heterocycles. The van der Waals surface area contributed by atoms with E-state index in [1.54, 1.807) is 13.0 Å². The highest BCUT2D eigenvalue weighted by atomic mass is 16.5. The molecule has 2 N–H and O–H groups in total. The van der Waals surface area contributed by atoms with Gasteiger partial charge in [0.1, 0.15) is 0 Å². The van der Waals surface area contributed by atoms with Crippen molar-refractivity contribution in [1.82, 2.24) is 0 Å². The Balaban J connectivity index is 3.23. The Morgan fingerprint density at radius 2 is 1.94 bits per heavy atom. The second-order valence-electron chi connectivity index (χ2n) is 3.92. The molecule has 92 valence electrons. The topological polar surface area (TPSA) is 69.4 Å². The summed E-state index contributed by atoms with van der Waals surface area (Å²) < 4.78 is 4.62. The molecule has 17 heavy (non-hydrogen) atoms. The molecule has 1 aromatic carbocycles. The Labute approximate surface area is 101 Å². The molecule has 0 amide bonds. The molecule has 0 saturated carbocycles. The zero-order valence-corrected chi connectivity index (χ0v) is 10.4. The summed E-state index contributed by atoms with van der Waals surface area (Å²) in [4.78, 5) is 23.3. The zero-order chi connectivity index (χ0) is 13.0. The summed E-state index contributed by atoms with van der Waals surface area (Å²) in [6, 6.07) is 3.16. The first-order chi connectivity index (χ1) is 8.01. The van der Waals surface area contributed by atoms with Crippen LogP contribution < -0.4 is 5.73 Å². The number of Topliss-reactive ketones (excluding diaryl/α,β-unsaturated/α-hetero) is 1. The first kappa shape index (κ1) is 13.2. The molecule has 4 heteroatoms. The third kappa shape index (κ3) is 2.84. The molecule has 0 radical (unpaired) electrons. The number of nitrogens with two attached hydrogens (primary N) is 1. The number of ketones is 1. The Hall–Kier alpha value is -1.84. The van der Waals surface area contributed by atoms with Gasteiger partial charge in [-0.3, -0.25) is 4.79 Å². The number of ether oxygens (including phenoxy) is 1. The quantitative estimate of drug-likeness (QED) is 0.494. The molecule has 1 aromatic rings. The van der Waals surface area contributed by atoms with Gasteiger partial charge in [0.2, 0.25) is 0 Å². The van der Waals surface area contributed by atoms with Crippen LogP contribution in [0.4, 0.5) is 5.69 Å². The zero-order valence-electron chi connectivity index (χ0n) is 10.4. The first-order valence-electron chi connectivity index (χ1n) is 5.52. The second kappa shape index (κ2) is 5.48. The van der Waals surface area contributed by atoms with Crippen LogP contribution in [0.2, 0.25) is 0 Å². The van der Waals surface area contributed by atoms with E-state index in [1.807, 2.05) is 6.92 Å². The number of rotatable bonds is 4. The van der Waals surface area contributed by atoms with Crippen LogP contribution in [0.25, 0.3) is 0 Å². The second-order valence-corrected chi connectivity index (χ2v) is 3.92. The molecule has 0 aromatic heterocycles. The smallest absolute Gasteiger partial charge is 0.339 e. The molecule has 0 spiro atoms. The van der Waals surface area contributed by atoms with E-state index in [0.29, 0.717) is 17.7 Å². The van der Waals surface area contributed by atoms with Crippen LogP contribution >= 0.6 is 0 Å². The number of carbonyl (C=O) groups excluding carboxylic acids is 2. The molecule has 0 aliphatic rings. The number of anilines is 1. The number of nitrogen functional groups attached to an aromatic ring is 1. The third-order valence-electron chi connectivity index (χ3n) is 2.58. The maximum Gasteiger partial charge on any atom is 0.339 e. The van der Waals surface area contributed by atoms with Gasteiger partial charge in [0.25, 0.3) is 0 Å². The molecule has 0 bridgehead atoms. The summed E-state index contributed by atoms with van der Waals surface area (Å²) in [7, 11) is 1.29. The lowest BCUT2D eigenvalue weighted by Crippen LogP contribution is -2.10. The number of carbonyl (C=O) groups is 2. The molecule has 0 heterocycles. The van der Waals surface area contributed by atoms with Crippen molar-refractivity contribution in [3.8, 4) is 0 Å². The van der Waals surface area contributed by atoms with E-state index in [0.717, 1.165) is 12.0 Å². The van der Waals surface area contributed by atoms with Crippen LogP contribution in [-0.4, -0.2) is 18.9 Å². The monoisotopic (exact) mass is 235 g/mol. The first-order valence-corrected chi connectivity index (χ1v) is 5.52. The predicted molar refractivity (Wildman–Crippen MR) is 66.2 cm³/mol. The van der Waals surface area contributed by atoms with Gasteiger partial charge in [0.15, 0.2) is 5.78 Å². The predicted octanol–water partition coefficient (Wildman–Crippen LogP) is 2.35. The van der Waals surface area contributed by atoms with E-state index in [-0.39, 0.29) is 11.3 Å². The lowest BCUT2D eigenvalue weighted by molar-refractivity contribution is 0.0602. The van der Waals surface area contributed by atoms with Gasteiger partial charge in [0, 0.05) is 17.7 Å². The maximum absolute atomic E-state index is 11.8. The molecule has 0 aliphatic carbocycles. The summed E-state index contributed by atoms with van der Waals surface area (Å²) in [6.07, 6.45) is 1.24. The summed E-state index contributed by atoms with van der Waals surface area (Å²) in [5.41, 5.74) is 7.64. The van der Waals surface area contributed by atoms with E-state index < -0.39 is 5.97 Å². The fourth-order valence-electron chi connectivity index (χ4n) is 1.68. The number of aryl methyl sites for hydroxylation is 1. The van der Waals surface area contributed by atoms with Gasteiger partial charge in [-0.2, -0.15) is 0 Å². The summed E-state index contributed by atoms with van der Waals surface area (Å²) >= 11 is 0. The third-order valence-corrected chi connectivity index (χ3v) is 2.58.